The number of amides is 4. The SMILES string of the molecule is COC(=O)N[C@H](C(=O)N1CCC[C@H]1c1nc2c(ccc3cc(-c4ccc(-c5cnc([C@@H]6CCCN6C(=O)[C@H](NC(=O)OC)c6ccccc6)[nH]5)cc4F)ccc32)[nH]1)C(C)C. The van der Waals surface area contributed by atoms with Gasteiger partial charge in [-0.05, 0) is 66.3 Å². The molecule has 8 rings (SSSR count). The third-order valence-electron chi connectivity index (χ3n) is 11.6. The Morgan fingerprint density at radius 1 is 0.783 bits per heavy atom. The molecule has 4 aromatic carbocycles. The monoisotopic (exact) mass is 814 g/mol. The molecule has 2 saturated heterocycles. The van der Waals surface area contributed by atoms with E-state index in [0.717, 1.165) is 41.1 Å². The van der Waals surface area contributed by atoms with Crippen LogP contribution in [0.15, 0.2) is 85.1 Å². The molecule has 14 nitrogen and oxygen atoms in total. The number of rotatable bonds is 10. The molecule has 4 heterocycles. The summed E-state index contributed by atoms with van der Waals surface area (Å²) in [5.74, 6) is 0.258. The average Bonchev–Trinajstić information content (AvgIpc) is 4.10. The molecule has 0 radical (unpaired) electrons. The highest BCUT2D eigenvalue weighted by Crippen LogP contribution is 2.37. The fourth-order valence-corrected chi connectivity index (χ4v) is 8.50. The van der Waals surface area contributed by atoms with Gasteiger partial charge in [0.05, 0.1) is 49.2 Å². The van der Waals surface area contributed by atoms with E-state index in [1.807, 2.05) is 68.4 Å². The second-order valence-corrected chi connectivity index (χ2v) is 15.6. The van der Waals surface area contributed by atoms with Crippen LogP contribution in [0.4, 0.5) is 14.0 Å². The number of hydrogen-bond donors (Lipinski definition) is 4. The summed E-state index contributed by atoms with van der Waals surface area (Å²) in [5, 5.41) is 7.14. The Morgan fingerprint density at radius 2 is 1.47 bits per heavy atom. The van der Waals surface area contributed by atoms with Crippen LogP contribution in [0.2, 0.25) is 0 Å². The Balaban J connectivity index is 1.00. The van der Waals surface area contributed by atoms with Crippen LogP contribution < -0.4 is 10.6 Å². The number of aromatic amines is 2. The van der Waals surface area contributed by atoms with Crippen molar-refractivity contribution in [3.8, 4) is 22.4 Å². The first-order valence-corrected chi connectivity index (χ1v) is 20.2. The second-order valence-electron chi connectivity index (χ2n) is 15.6. The van der Waals surface area contributed by atoms with Crippen molar-refractivity contribution < 1.29 is 33.0 Å². The lowest BCUT2D eigenvalue weighted by atomic mass is 9.98. The number of ether oxygens (including phenoxy) is 2. The van der Waals surface area contributed by atoms with Gasteiger partial charge in [-0.15, -0.1) is 0 Å². The van der Waals surface area contributed by atoms with Gasteiger partial charge in [0, 0.05) is 29.6 Å². The van der Waals surface area contributed by atoms with Crippen LogP contribution in [-0.2, 0) is 19.1 Å². The highest BCUT2D eigenvalue weighted by Gasteiger charge is 2.39. The third kappa shape index (κ3) is 7.74. The lowest BCUT2D eigenvalue weighted by Gasteiger charge is -2.29. The van der Waals surface area contributed by atoms with Gasteiger partial charge in [0.2, 0.25) is 5.91 Å². The highest BCUT2D eigenvalue weighted by molar-refractivity contribution is 6.05. The number of likely N-dealkylation sites (tertiary alicyclic amines) is 2. The molecule has 0 bridgehead atoms. The standard InChI is InChI=1S/C45H47FN8O6/c1-25(2)37(51-44(57)59-3)42(55)54-21-9-13-36(54)41-48-33-19-16-28-22-27(14-18-31(28)39(33)50-41)30-17-15-29(23-32(30)46)34-24-47-40(49-34)35-12-8-20-53(35)43(56)38(52-45(58)60-4)26-10-6-5-7-11-26/h5-7,10-11,14-19,22-25,35-38H,8-9,12-13,20-21H2,1-4H3,(H,47,49)(H,48,50)(H,51,57)(H,52,58)/t35-,36-,37-,38+/m0/s1. The van der Waals surface area contributed by atoms with Crippen molar-refractivity contribution in [2.45, 2.75) is 63.7 Å². The van der Waals surface area contributed by atoms with E-state index >= 15 is 4.39 Å². The molecule has 310 valence electrons. The number of halogens is 1. The zero-order valence-corrected chi connectivity index (χ0v) is 33.8. The number of aromatic nitrogens is 4. The molecule has 2 aromatic heterocycles. The van der Waals surface area contributed by atoms with E-state index in [1.54, 1.807) is 34.2 Å². The maximum Gasteiger partial charge on any atom is 0.407 e. The number of H-pyrrole nitrogens is 2. The summed E-state index contributed by atoms with van der Waals surface area (Å²) in [5.41, 5.74) is 4.56. The van der Waals surface area contributed by atoms with Crippen LogP contribution in [0, 0.1) is 11.7 Å². The van der Waals surface area contributed by atoms with Crippen molar-refractivity contribution in [3.63, 3.8) is 0 Å². The van der Waals surface area contributed by atoms with Gasteiger partial charge >= 0.3 is 12.2 Å². The normalized spacial score (nSPS) is 17.6. The van der Waals surface area contributed by atoms with Crippen molar-refractivity contribution in [1.82, 2.24) is 40.4 Å². The van der Waals surface area contributed by atoms with E-state index in [1.165, 1.54) is 20.3 Å². The molecule has 0 unspecified atom stereocenters. The van der Waals surface area contributed by atoms with Crippen LogP contribution in [0.3, 0.4) is 0 Å². The second kappa shape index (κ2) is 16.8. The Bertz CT molecular complexity index is 2570. The summed E-state index contributed by atoms with van der Waals surface area (Å²) < 4.78 is 25.6. The van der Waals surface area contributed by atoms with Gasteiger partial charge in [0.25, 0.3) is 5.91 Å². The van der Waals surface area contributed by atoms with Crippen molar-refractivity contribution in [3.05, 3.63) is 108 Å². The number of alkyl carbamates (subject to hydrolysis) is 2. The Morgan fingerprint density at radius 3 is 2.17 bits per heavy atom. The molecular weight excluding hydrogens is 768 g/mol. The van der Waals surface area contributed by atoms with E-state index in [2.05, 4.69) is 25.6 Å². The van der Waals surface area contributed by atoms with Gasteiger partial charge in [-0.25, -0.2) is 23.9 Å². The van der Waals surface area contributed by atoms with Gasteiger partial charge in [-0.2, -0.15) is 0 Å². The summed E-state index contributed by atoms with van der Waals surface area (Å²) in [6.45, 7) is 4.81. The van der Waals surface area contributed by atoms with Crippen molar-refractivity contribution in [2.75, 3.05) is 27.3 Å². The molecule has 2 aliphatic heterocycles. The molecule has 6 aromatic rings. The minimum atomic E-state index is -0.935. The molecule has 0 aliphatic carbocycles. The first-order chi connectivity index (χ1) is 29.0. The molecule has 0 spiro atoms. The van der Waals surface area contributed by atoms with Gasteiger partial charge in [0.1, 0.15) is 29.5 Å². The summed E-state index contributed by atoms with van der Waals surface area (Å²) >= 11 is 0. The summed E-state index contributed by atoms with van der Waals surface area (Å²) in [4.78, 5) is 71.7. The average molecular weight is 815 g/mol. The highest BCUT2D eigenvalue weighted by atomic mass is 19.1. The Labute approximate surface area is 345 Å². The molecule has 4 atom stereocenters. The number of nitrogens with one attached hydrogen (secondary N) is 4. The van der Waals surface area contributed by atoms with Crippen LogP contribution in [0.5, 0.6) is 0 Å². The molecule has 0 saturated carbocycles. The molecule has 60 heavy (non-hydrogen) atoms. The molecule has 4 amide bonds. The Hall–Kier alpha value is -6.77. The zero-order chi connectivity index (χ0) is 42.1. The molecule has 2 aliphatic rings. The fraction of sp³-hybridized carbons (Fsp3) is 0.333. The zero-order valence-electron chi connectivity index (χ0n) is 33.8. The largest absolute Gasteiger partial charge is 0.453 e. The van der Waals surface area contributed by atoms with E-state index in [9.17, 15) is 19.2 Å². The van der Waals surface area contributed by atoms with Crippen LogP contribution in [-0.4, -0.2) is 87.1 Å². The summed E-state index contributed by atoms with van der Waals surface area (Å²) in [7, 11) is 2.53. The number of carbonyl (C=O) groups is 4. The molecule has 4 N–H and O–H groups in total. The Kier molecular flexibility index (Phi) is 11.2. The van der Waals surface area contributed by atoms with Crippen LogP contribution in [0.1, 0.15) is 74.9 Å². The first-order valence-electron chi connectivity index (χ1n) is 20.2. The van der Waals surface area contributed by atoms with Gasteiger partial charge < -0.3 is 39.9 Å². The topological polar surface area (TPSA) is 175 Å². The van der Waals surface area contributed by atoms with E-state index in [4.69, 9.17) is 14.5 Å². The van der Waals surface area contributed by atoms with Crippen LogP contribution >= 0.6 is 0 Å². The first kappa shape index (κ1) is 40.0. The van der Waals surface area contributed by atoms with Crippen molar-refractivity contribution in [2.24, 2.45) is 5.92 Å². The number of imidazole rings is 2. The number of benzene rings is 4. The quantitative estimate of drug-likeness (QED) is 0.109. The lowest BCUT2D eigenvalue weighted by Crippen LogP contribution is -2.51. The molecular formula is C45H47FN8O6. The number of methoxy groups -OCH3 is 2. The maximum absolute atomic E-state index is 16.0. The summed E-state index contributed by atoms with van der Waals surface area (Å²) in [6.07, 6.45) is 3.26. The maximum atomic E-state index is 16.0. The van der Waals surface area contributed by atoms with Gasteiger partial charge in [-0.3, -0.25) is 9.59 Å². The predicted octanol–water partition coefficient (Wildman–Crippen LogP) is 7.72. The summed E-state index contributed by atoms with van der Waals surface area (Å²) in [6, 6.07) is 21.5. The fourth-order valence-electron chi connectivity index (χ4n) is 8.50. The van der Waals surface area contributed by atoms with Gasteiger partial charge in [0.15, 0.2) is 0 Å². The number of carbonyl (C=O) groups excluding carboxylic acids is 4. The third-order valence-corrected chi connectivity index (χ3v) is 11.6. The molecule has 15 heteroatoms. The van der Waals surface area contributed by atoms with E-state index < -0.39 is 30.1 Å². The predicted molar refractivity (Wildman–Crippen MR) is 223 cm³/mol. The number of fused-ring (bicyclic) bond motifs is 3. The lowest BCUT2D eigenvalue weighted by molar-refractivity contribution is -0.135. The van der Waals surface area contributed by atoms with Crippen LogP contribution in [0.25, 0.3) is 44.2 Å². The van der Waals surface area contributed by atoms with Gasteiger partial charge in [-0.1, -0.05) is 74.5 Å². The van der Waals surface area contributed by atoms with E-state index in [-0.39, 0.29) is 29.8 Å². The van der Waals surface area contributed by atoms with Crippen molar-refractivity contribution in [1.29, 1.82) is 0 Å². The number of hydrogen-bond acceptors (Lipinski definition) is 8. The number of nitrogens with zero attached hydrogens (tertiary/aromatic N) is 4. The molecule has 2 fully saturated rings. The van der Waals surface area contributed by atoms with E-state index in [0.29, 0.717) is 59.1 Å². The minimum absolute atomic E-state index is 0.142. The minimum Gasteiger partial charge on any atom is -0.453 e. The van der Waals surface area contributed by atoms with Crippen molar-refractivity contribution >= 4 is 45.8 Å². The smallest absolute Gasteiger partial charge is 0.407 e.